The zero-order chi connectivity index (χ0) is 25.1. The standard InChI is InChI=1S/C22H15F2N3O4S4/c23-15-2-1-11(6-16(15)24)12-5-14(33-9-12)8-17-20(31)27(22(32)35-17)4-3-18(28)26-21-25-13(10-34-21)7-19(29)30/h1-2,5-6,8-10H,3-4,7H2,(H,29,30)(H,25,26,28). The number of thiophene rings is 1. The molecule has 0 bridgehead atoms. The maximum absolute atomic E-state index is 13.5. The number of halogens is 2. The number of thiazole rings is 1. The lowest BCUT2D eigenvalue weighted by molar-refractivity contribution is -0.136. The van der Waals surface area contributed by atoms with Gasteiger partial charge in [0.1, 0.15) is 4.32 Å². The normalized spacial score (nSPS) is 14.7. The van der Waals surface area contributed by atoms with Crippen LogP contribution in [0.2, 0.25) is 0 Å². The molecule has 0 saturated carbocycles. The van der Waals surface area contributed by atoms with E-state index in [9.17, 15) is 23.2 Å². The van der Waals surface area contributed by atoms with Crippen LogP contribution in [0.1, 0.15) is 17.0 Å². The van der Waals surface area contributed by atoms with Gasteiger partial charge in [-0.15, -0.1) is 22.7 Å². The number of thioether (sulfide) groups is 1. The molecule has 2 N–H and O–H groups in total. The first-order valence-electron chi connectivity index (χ1n) is 9.95. The quantitative estimate of drug-likeness (QED) is 0.300. The van der Waals surface area contributed by atoms with Crippen LogP contribution in [0.4, 0.5) is 13.9 Å². The number of benzene rings is 1. The number of amides is 2. The van der Waals surface area contributed by atoms with E-state index in [1.165, 1.54) is 22.3 Å². The third-order valence-electron chi connectivity index (χ3n) is 4.71. The minimum absolute atomic E-state index is 0.0210. The van der Waals surface area contributed by atoms with Crippen molar-refractivity contribution in [1.29, 1.82) is 0 Å². The summed E-state index contributed by atoms with van der Waals surface area (Å²) >= 11 is 8.88. The van der Waals surface area contributed by atoms with Crippen molar-refractivity contribution < 1.29 is 28.3 Å². The van der Waals surface area contributed by atoms with Crippen LogP contribution in [0, 0.1) is 11.6 Å². The van der Waals surface area contributed by atoms with Crippen LogP contribution >= 0.6 is 46.7 Å². The zero-order valence-electron chi connectivity index (χ0n) is 17.6. The molecule has 35 heavy (non-hydrogen) atoms. The van der Waals surface area contributed by atoms with Gasteiger partial charge in [0.25, 0.3) is 5.91 Å². The molecule has 1 fully saturated rings. The first kappa shape index (κ1) is 25.1. The molecule has 0 radical (unpaired) electrons. The number of hydrogen-bond donors (Lipinski definition) is 2. The largest absolute Gasteiger partial charge is 0.481 e. The van der Waals surface area contributed by atoms with Crippen molar-refractivity contribution in [3.63, 3.8) is 0 Å². The van der Waals surface area contributed by atoms with Crippen molar-refractivity contribution in [3.05, 3.63) is 62.1 Å². The molecule has 3 aromatic rings. The fraction of sp³-hybridized carbons (Fsp3) is 0.136. The Morgan fingerprint density at radius 2 is 1.94 bits per heavy atom. The van der Waals surface area contributed by atoms with Crippen molar-refractivity contribution in [2.75, 3.05) is 11.9 Å². The number of carboxylic acid groups (broad SMARTS) is 1. The topological polar surface area (TPSA) is 99.6 Å². The summed E-state index contributed by atoms with van der Waals surface area (Å²) in [6.07, 6.45) is 1.42. The van der Waals surface area contributed by atoms with Crippen LogP contribution in [-0.2, 0) is 20.8 Å². The highest BCUT2D eigenvalue weighted by atomic mass is 32.2. The van der Waals surface area contributed by atoms with Gasteiger partial charge in [0, 0.05) is 23.2 Å². The SMILES string of the molecule is O=C(O)Cc1csc(NC(=O)CCN2C(=O)C(=Cc3cc(-c4ccc(F)c(F)c4)cs3)SC2=S)n1. The molecule has 3 heterocycles. The molecular weight excluding hydrogens is 537 g/mol. The minimum atomic E-state index is -1.02. The molecule has 0 atom stereocenters. The fourth-order valence-corrected chi connectivity index (χ4v) is 6.02. The summed E-state index contributed by atoms with van der Waals surface area (Å²) in [6.45, 7) is 0.0751. The van der Waals surface area contributed by atoms with E-state index in [-0.39, 0.29) is 36.3 Å². The Hall–Kier alpha value is -3.00. The second-order valence-electron chi connectivity index (χ2n) is 7.21. The van der Waals surface area contributed by atoms with Crippen LogP contribution in [0.15, 0.2) is 39.9 Å². The van der Waals surface area contributed by atoms with Gasteiger partial charge in [-0.1, -0.05) is 30.0 Å². The van der Waals surface area contributed by atoms with Gasteiger partial charge < -0.3 is 10.4 Å². The van der Waals surface area contributed by atoms with Gasteiger partial charge in [-0.3, -0.25) is 19.3 Å². The number of hydrogen-bond acceptors (Lipinski definition) is 8. The highest BCUT2D eigenvalue weighted by Gasteiger charge is 2.32. The number of aromatic nitrogens is 1. The number of rotatable bonds is 8. The van der Waals surface area contributed by atoms with Gasteiger partial charge in [-0.2, -0.15) is 0 Å². The predicted molar refractivity (Wildman–Crippen MR) is 136 cm³/mol. The molecule has 13 heteroatoms. The first-order chi connectivity index (χ1) is 16.7. The van der Waals surface area contributed by atoms with Crippen molar-refractivity contribution in [3.8, 4) is 11.1 Å². The van der Waals surface area contributed by atoms with E-state index in [1.54, 1.807) is 22.9 Å². The lowest BCUT2D eigenvalue weighted by atomic mass is 10.1. The zero-order valence-corrected chi connectivity index (χ0v) is 20.9. The Labute approximate surface area is 215 Å². The summed E-state index contributed by atoms with van der Waals surface area (Å²) in [5.41, 5.74) is 1.57. The minimum Gasteiger partial charge on any atom is -0.481 e. The fourth-order valence-electron chi connectivity index (χ4n) is 3.07. The van der Waals surface area contributed by atoms with E-state index in [4.69, 9.17) is 17.3 Å². The molecule has 4 rings (SSSR count). The van der Waals surface area contributed by atoms with Crippen molar-refractivity contribution in [2.24, 2.45) is 0 Å². The Balaban J connectivity index is 1.36. The Kier molecular flexibility index (Phi) is 7.69. The summed E-state index contributed by atoms with van der Waals surface area (Å²) in [7, 11) is 0. The van der Waals surface area contributed by atoms with Gasteiger partial charge in [-0.05, 0) is 40.8 Å². The summed E-state index contributed by atoms with van der Waals surface area (Å²) in [5, 5.41) is 15.0. The smallest absolute Gasteiger partial charge is 0.309 e. The number of thiocarbonyl (C=S) groups is 1. The lowest BCUT2D eigenvalue weighted by Crippen LogP contribution is -2.31. The van der Waals surface area contributed by atoms with Crippen LogP contribution < -0.4 is 5.32 Å². The van der Waals surface area contributed by atoms with E-state index >= 15 is 0 Å². The molecule has 180 valence electrons. The van der Waals surface area contributed by atoms with E-state index in [1.807, 2.05) is 0 Å². The van der Waals surface area contributed by atoms with Crippen molar-refractivity contribution >= 4 is 80.0 Å². The van der Waals surface area contributed by atoms with Crippen molar-refractivity contribution in [2.45, 2.75) is 12.8 Å². The molecule has 2 amide bonds. The second kappa shape index (κ2) is 10.7. The van der Waals surface area contributed by atoms with E-state index in [0.29, 0.717) is 26.0 Å². The van der Waals surface area contributed by atoms with Crippen LogP contribution in [-0.4, -0.2) is 43.6 Å². The molecule has 7 nitrogen and oxygen atoms in total. The molecule has 0 spiro atoms. The van der Waals surface area contributed by atoms with Gasteiger partial charge in [-0.25, -0.2) is 13.8 Å². The summed E-state index contributed by atoms with van der Waals surface area (Å²) in [6, 6.07) is 5.43. The number of carbonyl (C=O) groups is 3. The maximum atomic E-state index is 13.5. The van der Waals surface area contributed by atoms with Gasteiger partial charge in [0.15, 0.2) is 16.8 Å². The summed E-state index contributed by atoms with van der Waals surface area (Å²) < 4.78 is 27.0. The molecule has 1 aromatic carbocycles. The number of aliphatic carboxylic acids is 1. The molecule has 0 aliphatic carbocycles. The number of nitrogens with one attached hydrogen (secondary N) is 1. The molecule has 2 aromatic heterocycles. The monoisotopic (exact) mass is 551 g/mol. The van der Waals surface area contributed by atoms with Gasteiger partial charge >= 0.3 is 5.97 Å². The third kappa shape index (κ3) is 6.17. The molecule has 1 aliphatic rings. The highest BCUT2D eigenvalue weighted by Crippen LogP contribution is 2.35. The second-order valence-corrected chi connectivity index (χ2v) is 10.7. The average Bonchev–Trinajstić information content (AvgIpc) is 3.49. The number of carbonyl (C=O) groups excluding carboxylic acids is 2. The lowest BCUT2D eigenvalue weighted by Gasteiger charge is -2.13. The number of nitrogens with zero attached hydrogens (tertiary/aromatic N) is 2. The summed E-state index contributed by atoms with van der Waals surface area (Å²) in [5.74, 6) is -3.58. The molecular formula is C22H15F2N3O4S4. The van der Waals surface area contributed by atoms with Crippen LogP contribution in [0.3, 0.4) is 0 Å². The van der Waals surface area contributed by atoms with Crippen LogP contribution in [0.5, 0.6) is 0 Å². The van der Waals surface area contributed by atoms with E-state index in [0.717, 1.165) is 40.1 Å². The molecule has 1 saturated heterocycles. The Morgan fingerprint density at radius 3 is 2.69 bits per heavy atom. The Morgan fingerprint density at radius 1 is 1.14 bits per heavy atom. The van der Waals surface area contributed by atoms with E-state index < -0.39 is 17.6 Å². The summed E-state index contributed by atoms with van der Waals surface area (Å²) in [4.78, 5) is 42.3. The van der Waals surface area contributed by atoms with Crippen molar-refractivity contribution in [1.82, 2.24) is 9.88 Å². The number of anilines is 1. The predicted octanol–water partition coefficient (Wildman–Crippen LogP) is 5.01. The van der Waals surface area contributed by atoms with Gasteiger partial charge in [0.2, 0.25) is 5.91 Å². The number of carboxylic acids is 1. The average molecular weight is 552 g/mol. The Bertz CT molecular complexity index is 1370. The molecule has 0 unspecified atom stereocenters. The third-order valence-corrected chi connectivity index (χ3v) is 7.78. The highest BCUT2D eigenvalue weighted by molar-refractivity contribution is 8.26. The first-order valence-corrected chi connectivity index (χ1v) is 12.9. The van der Waals surface area contributed by atoms with E-state index in [2.05, 4.69) is 10.3 Å². The maximum Gasteiger partial charge on any atom is 0.309 e. The molecule has 1 aliphatic heterocycles. The van der Waals surface area contributed by atoms with Gasteiger partial charge in [0.05, 0.1) is 17.0 Å². The van der Waals surface area contributed by atoms with Crippen LogP contribution in [0.25, 0.3) is 17.2 Å².